The summed E-state index contributed by atoms with van der Waals surface area (Å²) in [6.45, 7) is 4.02. The van der Waals surface area contributed by atoms with Crippen LogP contribution in [0.15, 0.2) is 18.3 Å². The van der Waals surface area contributed by atoms with Crippen LogP contribution >= 0.6 is 0 Å². The lowest BCUT2D eigenvalue weighted by molar-refractivity contribution is -0.130. The molecule has 0 radical (unpaired) electrons. The van der Waals surface area contributed by atoms with E-state index in [9.17, 15) is 9.59 Å². The van der Waals surface area contributed by atoms with E-state index >= 15 is 0 Å². The molecular weight excluding hydrogens is 332 g/mol. The van der Waals surface area contributed by atoms with Crippen LogP contribution in [0.3, 0.4) is 0 Å². The lowest BCUT2D eigenvalue weighted by atomic mass is 10.2. The minimum Gasteiger partial charge on any atom is -0.480 e. The van der Waals surface area contributed by atoms with Crippen molar-refractivity contribution in [2.45, 2.75) is 39.5 Å². The number of unbranched alkanes of at least 4 members (excludes halogenated alkanes) is 1. The fourth-order valence-electron chi connectivity index (χ4n) is 2.66. The first-order valence-electron chi connectivity index (χ1n) is 9.00. The number of imidazole rings is 1. The van der Waals surface area contributed by atoms with Crippen LogP contribution in [0.25, 0.3) is 5.65 Å². The van der Waals surface area contributed by atoms with Gasteiger partial charge in [0.2, 0.25) is 5.91 Å². The Bertz CT molecular complexity index is 782. The van der Waals surface area contributed by atoms with E-state index in [2.05, 4.69) is 11.9 Å². The third kappa shape index (κ3) is 4.15. The highest BCUT2D eigenvalue weighted by atomic mass is 16.5. The molecule has 26 heavy (non-hydrogen) atoms. The molecule has 0 bridgehead atoms. The van der Waals surface area contributed by atoms with Gasteiger partial charge >= 0.3 is 0 Å². The summed E-state index contributed by atoms with van der Waals surface area (Å²) in [6.07, 6.45) is 4.91. The van der Waals surface area contributed by atoms with E-state index in [-0.39, 0.29) is 18.4 Å². The molecule has 7 heteroatoms. The smallest absolute Gasteiger partial charge is 0.259 e. The molecule has 0 aliphatic rings. The summed E-state index contributed by atoms with van der Waals surface area (Å²) in [5, 5.41) is 0. The Hall–Kier alpha value is -2.57. The standard InChI is InChI=1S/C19H28N4O3/c1-6-8-11-16(24)22(5)19-14(7-2)20-18-15(10-9-12-23(18)19)26-13-17(25)21(3)4/h9-10,12H,6-8,11,13H2,1-5H3. The van der Waals surface area contributed by atoms with Crippen molar-refractivity contribution in [3.05, 3.63) is 24.0 Å². The first kappa shape index (κ1) is 19.8. The second kappa shape index (κ2) is 8.69. The van der Waals surface area contributed by atoms with E-state index in [1.165, 1.54) is 4.90 Å². The van der Waals surface area contributed by atoms with Crippen molar-refractivity contribution in [1.29, 1.82) is 0 Å². The predicted octanol–water partition coefficient (Wildman–Crippen LogP) is 2.52. The van der Waals surface area contributed by atoms with Crippen molar-refractivity contribution in [1.82, 2.24) is 14.3 Å². The van der Waals surface area contributed by atoms with Gasteiger partial charge in [0.1, 0.15) is 5.82 Å². The summed E-state index contributed by atoms with van der Waals surface area (Å²) in [6, 6.07) is 3.62. The molecule has 0 aromatic carbocycles. The van der Waals surface area contributed by atoms with Crippen molar-refractivity contribution in [2.75, 3.05) is 32.6 Å². The van der Waals surface area contributed by atoms with E-state index in [4.69, 9.17) is 4.74 Å². The van der Waals surface area contributed by atoms with Crippen LogP contribution in [0.2, 0.25) is 0 Å². The van der Waals surface area contributed by atoms with Crippen LogP contribution in [0.4, 0.5) is 5.82 Å². The lowest BCUT2D eigenvalue weighted by Crippen LogP contribution is -2.28. The molecule has 0 unspecified atom stereocenters. The topological polar surface area (TPSA) is 67.2 Å². The molecule has 0 fully saturated rings. The van der Waals surface area contributed by atoms with Gasteiger partial charge < -0.3 is 9.64 Å². The van der Waals surface area contributed by atoms with Crippen LogP contribution in [-0.2, 0) is 16.0 Å². The van der Waals surface area contributed by atoms with Gasteiger partial charge in [-0.2, -0.15) is 0 Å². The van der Waals surface area contributed by atoms with Gasteiger partial charge in [0.15, 0.2) is 18.0 Å². The summed E-state index contributed by atoms with van der Waals surface area (Å²) in [4.78, 5) is 32.1. The molecular formula is C19H28N4O3. The molecule has 7 nitrogen and oxygen atoms in total. The number of aryl methyl sites for hydroxylation is 1. The van der Waals surface area contributed by atoms with Crippen LogP contribution in [-0.4, -0.2) is 53.8 Å². The fourth-order valence-corrected chi connectivity index (χ4v) is 2.66. The normalized spacial score (nSPS) is 10.8. The molecule has 0 saturated carbocycles. The number of fused-ring (bicyclic) bond motifs is 1. The zero-order valence-electron chi connectivity index (χ0n) is 16.3. The summed E-state index contributed by atoms with van der Waals surface area (Å²) in [5.41, 5.74) is 1.44. The van der Waals surface area contributed by atoms with Crippen molar-refractivity contribution in [3.8, 4) is 5.75 Å². The molecule has 2 heterocycles. The maximum atomic E-state index is 12.5. The zero-order valence-corrected chi connectivity index (χ0v) is 16.3. The van der Waals surface area contributed by atoms with Gasteiger partial charge in [0, 0.05) is 33.8 Å². The monoisotopic (exact) mass is 360 g/mol. The molecule has 0 saturated heterocycles. The maximum absolute atomic E-state index is 12.5. The Morgan fingerprint density at radius 1 is 1.19 bits per heavy atom. The minimum atomic E-state index is -0.124. The second-order valence-electron chi connectivity index (χ2n) is 6.43. The number of aromatic nitrogens is 2. The molecule has 142 valence electrons. The number of anilines is 1. The first-order chi connectivity index (χ1) is 12.4. The maximum Gasteiger partial charge on any atom is 0.259 e. The van der Waals surface area contributed by atoms with Gasteiger partial charge in [-0.3, -0.25) is 18.9 Å². The summed E-state index contributed by atoms with van der Waals surface area (Å²) in [5.74, 6) is 1.23. The number of hydrogen-bond acceptors (Lipinski definition) is 4. The van der Waals surface area contributed by atoms with E-state index in [0.29, 0.717) is 24.2 Å². The van der Waals surface area contributed by atoms with Crippen molar-refractivity contribution in [3.63, 3.8) is 0 Å². The quantitative estimate of drug-likeness (QED) is 0.725. The largest absolute Gasteiger partial charge is 0.480 e. The molecule has 0 aliphatic carbocycles. The molecule has 2 aromatic heterocycles. The fraction of sp³-hybridized carbons (Fsp3) is 0.526. The highest BCUT2D eigenvalue weighted by Gasteiger charge is 2.21. The SMILES string of the molecule is CCCCC(=O)N(C)c1c(CC)nc2c(OCC(=O)N(C)C)cccn12. The summed E-state index contributed by atoms with van der Waals surface area (Å²) in [7, 11) is 5.15. The molecule has 0 spiro atoms. The number of ether oxygens (including phenoxy) is 1. The Morgan fingerprint density at radius 2 is 1.92 bits per heavy atom. The van der Waals surface area contributed by atoms with Gasteiger partial charge in [-0.05, 0) is 25.0 Å². The van der Waals surface area contributed by atoms with Gasteiger partial charge in [0.25, 0.3) is 5.91 Å². The van der Waals surface area contributed by atoms with Gasteiger partial charge in [-0.15, -0.1) is 0 Å². The molecule has 0 N–H and O–H groups in total. The molecule has 2 amide bonds. The third-order valence-corrected chi connectivity index (χ3v) is 4.28. The minimum absolute atomic E-state index is 0.0540. The van der Waals surface area contributed by atoms with Crippen molar-refractivity contribution >= 4 is 23.3 Å². The molecule has 0 aliphatic heterocycles. The number of amides is 2. The highest BCUT2D eigenvalue weighted by molar-refractivity contribution is 5.93. The number of hydrogen-bond donors (Lipinski definition) is 0. The number of rotatable bonds is 8. The van der Waals surface area contributed by atoms with E-state index < -0.39 is 0 Å². The predicted molar refractivity (Wildman–Crippen MR) is 102 cm³/mol. The van der Waals surface area contributed by atoms with E-state index in [1.54, 1.807) is 32.1 Å². The number of pyridine rings is 1. The average Bonchev–Trinajstić information content (AvgIpc) is 3.02. The van der Waals surface area contributed by atoms with E-state index in [1.807, 2.05) is 23.6 Å². The average molecular weight is 360 g/mol. The highest BCUT2D eigenvalue weighted by Crippen LogP contribution is 2.28. The second-order valence-corrected chi connectivity index (χ2v) is 6.43. The Labute approximate surface area is 154 Å². The number of carbonyl (C=O) groups is 2. The van der Waals surface area contributed by atoms with Crippen molar-refractivity contribution in [2.24, 2.45) is 0 Å². The van der Waals surface area contributed by atoms with Gasteiger partial charge in [0.05, 0.1) is 5.69 Å². The van der Waals surface area contributed by atoms with Gasteiger partial charge in [-0.1, -0.05) is 20.3 Å². The van der Waals surface area contributed by atoms with Crippen molar-refractivity contribution < 1.29 is 14.3 Å². The number of likely N-dealkylation sites (N-methyl/N-ethyl adjacent to an activating group) is 1. The molecule has 2 rings (SSSR count). The Morgan fingerprint density at radius 3 is 2.54 bits per heavy atom. The van der Waals surface area contributed by atoms with Crippen LogP contribution in [0, 0.1) is 0 Å². The van der Waals surface area contributed by atoms with Gasteiger partial charge in [-0.25, -0.2) is 4.98 Å². The lowest BCUT2D eigenvalue weighted by Gasteiger charge is -2.18. The third-order valence-electron chi connectivity index (χ3n) is 4.28. The van der Waals surface area contributed by atoms with Crippen LogP contribution in [0.1, 0.15) is 38.8 Å². The summed E-state index contributed by atoms with van der Waals surface area (Å²) < 4.78 is 7.54. The molecule has 0 atom stereocenters. The molecule has 2 aromatic rings. The number of nitrogens with zero attached hydrogens (tertiary/aromatic N) is 4. The van der Waals surface area contributed by atoms with Crippen LogP contribution in [0.5, 0.6) is 5.75 Å². The zero-order chi connectivity index (χ0) is 19.3. The van der Waals surface area contributed by atoms with Crippen LogP contribution < -0.4 is 9.64 Å². The summed E-state index contributed by atoms with van der Waals surface area (Å²) >= 11 is 0. The van der Waals surface area contributed by atoms with E-state index in [0.717, 1.165) is 24.4 Å². The Kier molecular flexibility index (Phi) is 6.60. The number of carbonyl (C=O) groups excluding carboxylic acids is 2. The first-order valence-corrected chi connectivity index (χ1v) is 9.00. The Balaban J connectivity index is 2.38.